The first-order chi connectivity index (χ1) is 9.45. The van der Waals surface area contributed by atoms with Gasteiger partial charge in [-0.15, -0.1) is 0 Å². The molecule has 2 rings (SSSR count). The number of hydrogen-bond acceptors (Lipinski definition) is 1. The summed E-state index contributed by atoms with van der Waals surface area (Å²) in [6.07, 6.45) is 3.14. The summed E-state index contributed by atoms with van der Waals surface area (Å²) in [6.45, 7) is 0.559. The molecule has 0 aromatic heterocycles. The van der Waals surface area contributed by atoms with Crippen LogP contribution in [0.1, 0.15) is 49.7 Å². The largest absolute Gasteiger partial charge is 0.416 e. The van der Waals surface area contributed by atoms with Crippen molar-refractivity contribution in [1.29, 1.82) is 0 Å². The molecule has 112 valence electrons. The molecule has 2 N–H and O–H groups in total. The predicted molar refractivity (Wildman–Crippen MR) is 74.3 cm³/mol. The van der Waals surface area contributed by atoms with E-state index in [9.17, 15) is 13.2 Å². The number of benzene rings is 1. The second-order valence-corrected chi connectivity index (χ2v) is 5.99. The Morgan fingerprint density at radius 1 is 1.05 bits per heavy atom. The maximum absolute atomic E-state index is 12.8. The molecule has 0 atom stereocenters. The van der Waals surface area contributed by atoms with Gasteiger partial charge >= 0.3 is 6.18 Å². The zero-order chi connectivity index (χ0) is 14.6. The van der Waals surface area contributed by atoms with Crippen LogP contribution in [-0.4, -0.2) is 6.54 Å². The van der Waals surface area contributed by atoms with Crippen LogP contribution >= 0.6 is 0 Å². The average molecular weight is 285 g/mol. The molecule has 1 aliphatic rings. The third-order valence-electron chi connectivity index (χ3n) is 4.43. The lowest BCUT2D eigenvalue weighted by atomic mass is 9.75. The molecule has 0 bridgehead atoms. The van der Waals surface area contributed by atoms with Crippen LogP contribution in [-0.2, 0) is 12.6 Å². The van der Waals surface area contributed by atoms with Crippen LogP contribution in [0.3, 0.4) is 0 Å². The van der Waals surface area contributed by atoms with Gasteiger partial charge in [-0.25, -0.2) is 0 Å². The van der Waals surface area contributed by atoms with E-state index in [-0.39, 0.29) is 5.41 Å². The van der Waals surface area contributed by atoms with Crippen molar-refractivity contribution in [2.75, 3.05) is 6.54 Å². The third kappa shape index (κ3) is 3.75. The molecule has 1 aliphatic carbocycles. The Bertz CT molecular complexity index is 432. The molecule has 0 saturated heterocycles. The van der Waals surface area contributed by atoms with Crippen LogP contribution in [0, 0.1) is 5.41 Å². The summed E-state index contributed by atoms with van der Waals surface area (Å²) in [4.78, 5) is 0. The van der Waals surface area contributed by atoms with E-state index in [2.05, 4.69) is 0 Å². The summed E-state index contributed by atoms with van der Waals surface area (Å²) in [7, 11) is 0. The van der Waals surface area contributed by atoms with Crippen molar-refractivity contribution in [3.05, 3.63) is 35.4 Å². The SMILES string of the molecule is NCC1(Cc2cccc(C(F)(F)F)c2)CCCCCC1. The van der Waals surface area contributed by atoms with Crippen molar-refractivity contribution >= 4 is 0 Å². The quantitative estimate of drug-likeness (QED) is 0.810. The zero-order valence-corrected chi connectivity index (χ0v) is 11.7. The van der Waals surface area contributed by atoms with Crippen LogP contribution in [0.25, 0.3) is 0 Å². The Hall–Kier alpha value is -1.03. The molecule has 4 heteroatoms. The Morgan fingerprint density at radius 3 is 2.25 bits per heavy atom. The lowest BCUT2D eigenvalue weighted by Gasteiger charge is -2.31. The minimum atomic E-state index is -4.27. The molecular weight excluding hydrogens is 263 g/mol. The van der Waals surface area contributed by atoms with Crippen LogP contribution in [0.15, 0.2) is 24.3 Å². The van der Waals surface area contributed by atoms with Crippen LogP contribution in [0.5, 0.6) is 0 Å². The first-order valence-electron chi connectivity index (χ1n) is 7.31. The average Bonchev–Trinajstić information content (AvgIpc) is 2.64. The summed E-state index contributed by atoms with van der Waals surface area (Å²) >= 11 is 0. The molecule has 1 aromatic rings. The van der Waals surface area contributed by atoms with E-state index in [1.54, 1.807) is 6.07 Å². The summed E-state index contributed by atoms with van der Waals surface area (Å²) in [5.74, 6) is 0. The maximum Gasteiger partial charge on any atom is 0.416 e. The maximum atomic E-state index is 12.8. The highest BCUT2D eigenvalue weighted by Gasteiger charge is 2.33. The van der Waals surface area contributed by atoms with Crippen molar-refractivity contribution in [3.63, 3.8) is 0 Å². The van der Waals surface area contributed by atoms with E-state index in [4.69, 9.17) is 5.73 Å². The molecule has 20 heavy (non-hydrogen) atoms. The van der Waals surface area contributed by atoms with Gasteiger partial charge in [0.25, 0.3) is 0 Å². The monoisotopic (exact) mass is 285 g/mol. The topological polar surface area (TPSA) is 26.0 Å². The van der Waals surface area contributed by atoms with Gasteiger partial charge in [0.15, 0.2) is 0 Å². The lowest BCUT2D eigenvalue weighted by Crippen LogP contribution is -2.32. The first-order valence-corrected chi connectivity index (χ1v) is 7.31. The highest BCUT2D eigenvalue weighted by atomic mass is 19.4. The minimum Gasteiger partial charge on any atom is -0.330 e. The highest BCUT2D eigenvalue weighted by molar-refractivity contribution is 5.26. The summed E-state index contributed by atoms with van der Waals surface area (Å²) in [5.41, 5.74) is 6.14. The van der Waals surface area contributed by atoms with Crippen molar-refractivity contribution in [2.24, 2.45) is 11.1 Å². The Balaban J connectivity index is 2.19. The number of nitrogens with two attached hydrogens (primary N) is 1. The fourth-order valence-electron chi connectivity index (χ4n) is 3.22. The lowest BCUT2D eigenvalue weighted by molar-refractivity contribution is -0.137. The van der Waals surface area contributed by atoms with E-state index in [1.807, 2.05) is 0 Å². The fraction of sp³-hybridized carbons (Fsp3) is 0.625. The second kappa shape index (κ2) is 6.17. The number of rotatable bonds is 3. The Labute approximate surface area is 118 Å². The molecule has 1 saturated carbocycles. The van der Waals surface area contributed by atoms with E-state index in [0.29, 0.717) is 13.0 Å². The molecule has 0 unspecified atom stereocenters. The molecule has 0 radical (unpaired) electrons. The van der Waals surface area contributed by atoms with Gasteiger partial charge in [-0.2, -0.15) is 13.2 Å². The Kier molecular flexibility index (Phi) is 4.74. The summed E-state index contributed by atoms with van der Waals surface area (Å²) < 4.78 is 38.3. The molecule has 0 aliphatic heterocycles. The summed E-state index contributed by atoms with van der Waals surface area (Å²) in [5, 5.41) is 0. The predicted octanol–water partition coefficient (Wildman–Crippen LogP) is 4.55. The summed E-state index contributed by atoms with van der Waals surface area (Å²) in [6, 6.07) is 5.70. The highest BCUT2D eigenvalue weighted by Crippen LogP contribution is 2.38. The van der Waals surface area contributed by atoms with Crippen LogP contribution in [0.4, 0.5) is 13.2 Å². The fourth-order valence-corrected chi connectivity index (χ4v) is 3.22. The van der Waals surface area contributed by atoms with Gasteiger partial charge in [0.1, 0.15) is 0 Å². The number of alkyl halides is 3. The minimum absolute atomic E-state index is 0.0132. The normalized spacial score (nSPS) is 19.6. The van der Waals surface area contributed by atoms with Gasteiger partial charge in [0.2, 0.25) is 0 Å². The smallest absolute Gasteiger partial charge is 0.330 e. The number of hydrogen-bond donors (Lipinski definition) is 1. The van der Waals surface area contributed by atoms with E-state index < -0.39 is 11.7 Å². The van der Waals surface area contributed by atoms with Crippen molar-refractivity contribution in [1.82, 2.24) is 0 Å². The molecule has 0 spiro atoms. The first kappa shape index (κ1) is 15.4. The van der Waals surface area contributed by atoms with E-state index >= 15 is 0 Å². The van der Waals surface area contributed by atoms with Crippen molar-refractivity contribution < 1.29 is 13.2 Å². The van der Waals surface area contributed by atoms with Gasteiger partial charge in [-0.1, -0.05) is 43.9 Å². The third-order valence-corrected chi connectivity index (χ3v) is 4.43. The van der Waals surface area contributed by atoms with Gasteiger partial charge in [0, 0.05) is 0 Å². The molecule has 0 heterocycles. The van der Waals surface area contributed by atoms with Crippen molar-refractivity contribution in [2.45, 2.75) is 51.1 Å². The number of halogens is 3. The van der Waals surface area contributed by atoms with Gasteiger partial charge in [-0.3, -0.25) is 0 Å². The molecule has 1 nitrogen and oxygen atoms in total. The van der Waals surface area contributed by atoms with Gasteiger partial charge in [0.05, 0.1) is 5.56 Å². The van der Waals surface area contributed by atoms with E-state index in [1.165, 1.54) is 25.0 Å². The van der Waals surface area contributed by atoms with Crippen LogP contribution < -0.4 is 5.73 Å². The van der Waals surface area contributed by atoms with Gasteiger partial charge in [-0.05, 0) is 42.9 Å². The molecule has 0 amide bonds. The molecular formula is C16H22F3N. The van der Waals surface area contributed by atoms with Crippen LogP contribution in [0.2, 0.25) is 0 Å². The zero-order valence-electron chi connectivity index (χ0n) is 11.7. The second-order valence-electron chi connectivity index (χ2n) is 5.99. The van der Waals surface area contributed by atoms with Crippen molar-refractivity contribution in [3.8, 4) is 0 Å². The molecule has 1 fully saturated rings. The van der Waals surface area contributed by atoms with Gasteiger partial charge < -0.3 is 5.73 Å². The Morgan fingerprint density at radius 2 is 1.70 bits per heavy atom. The van der Waals surface area contributed by atoms with E-state index in [0.717, 1.165) is 37.3 Å². The standard InChI is InChI=1S/C16H22F3N/c17-16(18,19)14-7-5-6-13(10-14)11-15(12-20)8-3-1-2-4-9-15/h5-7,10H,1-4,8-9,11-12,20H2. The molecule has 1 aromatic carbocycles.